The summed E-state index contributed by atoms with van der Waals surface area (Å²) in [6.45, 7) is 0. The molecule has 2 aromatic rings. The average molecular weight is 344 g/mol. The Morgan fingerprint density at radius 1 is 1.24 bits per heavy atom. The van der Waals surface area contributed by atoms with Gasteiger partial charge in [-0.1, -0.05) is 35.3 Å². The summed E-state index contributed by atoms with van der Waals surface area (Å²) in [4.78, 5) is 4.68. The van der Waals surface area contributed by atoms with Gasteiger partial charge in [0.1, 0.15) is 5.69 Å². The summed E-state index contributed by atoms with van der Waals surface area (Å²) >= 11 is 12.9. The van der Waals surface area contributed by atoms with Gasteiger partial charge in [-0.25, -0.2) is 9.38 Å². The van der Waals surface area contributed by atoms with Crippen molar-refractivity contribution in [2.24, 2.45) is 4.99 Å². The van der Waals surface area contributed by atoms with Crippen LogP contribution in [0.25, 0.3) is 0 Å². The van der Waals surface area contributed by atoms with E-state index in [1.807, 2.05) is 6.07 Å². The summed E-state index contributed by atoms with van der Waals surface area (Å²) < 4.78 is 16.5. The van der Waals surface area contributed by atoms with E-state index in [-0.39, 0.29) is 10.7 Å². The standard InChI is InChI=1S/C13H8Cl2FN3OS/c14-6-3-1-2-4-8(6)17-13-18-11-9(21-19-13)5-7(15)10(16)12(11)20/h1-5,20H,(H2,17,18,19). The van der Waals surface area contributed by atoms with Crippen molar-refractivity contribution in [3.05, 3.63) is 46.2 Å². The molecule has 0 unspecified atom stereocenters. The number of benzene rings is 2. The molecule has 3 N–H and O–H groups in total. The fraction of sp³-hybridized carbons (Fsp3) is 0. The second kappa shape index (κ2) is 5.63. The first-order valence-corrected chi connectivity index (χ1v) is 7.37. The van der Waals surface area contributed by atoms with Gasteiger partial charge in [0.2, 0.25) is 5.96 Å². The largest absolute Gasteiger partial charge is 0.503 e. The van der Waals surface area contributed by atoms with Gasteiger partial charge in [-0.2, -0.15) is 0 Å². The van der Waals surface area contributed by atoms with Crippen molar-refractivity contribution in [3.8, 4) is 5.75 Å². The molecular formula is C13H8Cl2FN3OS. The monoisotopic (exact) mass is 343 g/mol. The first kappa shape index (κ1) is 14.3. The van der Waals surface area contributed by atoms with Gasteiger partial charge in [0.05, 0.1) is 20.6 Å². The van der Waals surface area contributed by atoms with E-state index in [9.17, 15) is 9.50 Å². The second-order valence-electron chi connectivity index (χ2n) is 4.14. The minimum absolute atomic E-state index is 0.121. The Kier molecular flexibility index (Phi) is 3.84. The van der Waals surface area contributed by atoms with E-state index >= 15 is 0 Å². The molecule has 3 rings (SSSR count). The van der Waals surface area contributed by atoms with Gasteiger partial charge in [-0.15, -0.1) is 0 Å². The minimum Gasteiger partial charge on any atom is -0.503 e. The molecule has 1 aliphatic heterocycles. The third kappa shape index (κ3) is 2.74. The number of guanidine groups is 1. The molecule has 0 radical (unpaired) electrons. The van der Waals surface area contributed by atoms with E-state index < -0.39 is 11.6 Å². The minimum atomic E-state index is -0.890. The van der Waals surface area contributed by atoms with Gasteiger partial charge in [0.15, 0.2) is 11.6 Å². The van der Waals surface area contributed by atoms with Crippen LogP contribution in [-0.2, 0) is 0 Å². The Balaban J connectivity index is 1.97. The molecule has 1 heterocycles. The van der Waals surface area contributed by atoms with E-state index in [1.54, 1.807) is 18.2 Å². The maximum absolute atomic E-state index is 13.6. The lowest BCUT2D eigenvalue weighted by Crippen LogP contribution is -2.27. The van der Waals surface area contributed by atoms with Crippen LogP contribution >= 0.6 is 35.1 Å². The van der Waals surface area contributed by atoms with Crippen molar-refractivity contribution >= 4 is 52.5 Å². The fourth-order valence-electron chi connectivity index (χ4n) is 1.75. The first-order chi connectivity index (χ1) is 10.1. The highest BCUT2D eigenvalue weighted by molar-refractivity contribution is 7.98. The number of fused-ring (bicyclic) bond motifs is 1. The van der Waals surface area contributed by atoms with Crippen LogP contribution in [0.1, 0.15) is 0 Å². The molecule has 4 nitrogen and oxygen atoms in total. The smallest absolute Gasteiger partial charge is 0.211 e. The highest BCUT2D eigenvalue weighted by Gasteiger charge is 2.21. The van der Waals surface area contributed by atoms with E-state index in [2.05, 4.69) is 15.0 Å². The Labute approximate surface area is 134 Å². The third-order valence-electron chi connectivity index (χ3n) is 2.74. The number of hydrogen-bond donors (Lipinski definition) is 3. The number of nitrogens with one attached hydrogen (secondary N) is 2. The second-order valence-corrected chi connectivity index (χ2v) is 5.80. The number of para-hydroxylation sites is 1. The topological polar surface area (TPSA) is 56.7 Å². The van der Waals surface area contributed by atoms with Crippen LogP contribution in [0.5, 0.6) is 5.75 Å². The summed E-state index contributed by atoms with van der Waals surface area (Å²) in [7, 11) is 0. The zero-order valence-corrected chi connectivity index (χ0v) is 12.7. The average Bonchev–Trinajstić information content (AvgIpc) is 2.48. The van der Waals surface area contributed by atoms with Crippen molar-refractivity contribution in [2.75, 3.05) is 5.32 Å². The van der Waals surface area contributed by atoms with E-state index in [1.165, 1.54) is 6.07 Å². The zero-order chi connectivity index (χ0) is 15.0. The number of phenolic OH excluding ortho intramolecular Hbond substituents is 1. The van der Waals surface area contributed by atoms with Crippen molar-refractivity contribution in [1.82, 2.24) is 4.72 Å². The summed E-state index contributed by atoms with van der Waals surface area (Å²) in [5.41, 5.74) is 0.763. The number of hydrogen-bond acceptors (Lipinski definition) is 5. The quantitative estimate of drug-likeness (QED) is 0.665. The number of halogens is 3. The van der Waals surface area contributed by atoms with E-state index in [0.29, 0.717) is 21.6 Å². The molecule has 0 aromatic heterocycles. The van der Waals surface area contributed by atoms with Crippen molar-refractivity contribution in [2.45, 2.75) is 4.90 Å². The van der Waals surface area contributed by atoms with Crippen LogP contribution < -0.4 is 10.0 Å². The van der Waals surface area contributed by atoms with Crippen LogP contribution in [0.3, 0.4) is 0 Å². The highest BCUT2D eigenvalue weighted by Crippen LogP contribution is 2.43. The SMILES string of the molecule is Oc1c(F)c(Cl)cc2c1N=C(Nc1ccccc1Cl)NS2. The van der Waals surface area contributed by atoms with Gasteiger partial charge in [0, 0.05) is 0 Å². The first-order valence-electron chi connectivity index (χ1n) is 5.80. The molecule has 0 aliphatic carbocycles. The van der Waals surface area contributed by atoms with Crippen molar-refractivity contribution < 1.29 is 9.50 Å². The van der Waals surface area contributed by atoms with Crippen LogP contribution in [-0.4, -0.2) is 11.1 Å². The van der Waals surface area contributed by atoms with Crippen molar-refractivity contribution in [3.63, 3.8) is 0 Å². The number of anilines is 1. The van der Waals surface area contributed by atoms with Crippen LogP contribution in [0, 0.1) is 5.82 Å². The number of aromatic hydroxyl groups is 1. The number of phenols is 1. The fourth-order valence-corrected chi connectivity index (χ4v) is 2.91. The zero-order valence-electron chi connectivity index (χ0n) is 10.3. The molecule has 21 heavy (non-hydrogen) atoms. The van der Waals surface area contributed by atoms with Crippen LogP contribution in [0.4, 0.5) is 15.8 Å². The number of nitrogens with zero attached hydrogens (tertiary/aromatic N) is 1. The summed E-state index contributed by atoms with van der Waals surface area (Å²) in [6.07, 6.45) is 0. The molecule has 2 aromatic carbocycles. The van der Waals surface area contributed by atoms with Crippen LogP contribution in [0.15, 0.2) is 40.2 Å². The molecule has 1 aliphatic rings. The molecule has 0 saturated heterocycles. The Hall–Kier alpha value is -1.63. The lowest BCUT2D eigenvalue weighted by molar-refractivity contribution is 0.432. The summed E-state index contributed by atoms with van der Waals surface area (Å²) in [6, 6.07) is 8.52. The molecule has 0 fully saturated rings. The van der Waals surface area contributed by atoms with Gasteiger partial charge in [0.25, 0.3) is 0 Å². The Bertz CT molecular complexity index is 754. The van der Waals surface area contributed by atoms with Gasteiger partial charge in [-0.3, -0.25) is 4.72 Å². The van der Waals surface area contributed by atoms with Crippen LogP contribution in [0.2, 0.25) is 10.0 Å². The summed E-state index contributed by atoms with van der Waals surface area (Å²) in [5.74, 6) is -1.14. The predicted octanol–water partition coefficient (Wildman–Crippen LogP) is 4.55. The molecule has 0 atom stereocenters. The highest BCUT2D eigenvalue weighted by atomic mass is 35.5. The van der Waals surface area contributed by atoms with Gasteiger partial charge < -0.3 is 10.4 Å². The maximum atomic E-state index is 13.6. The molecule has 108 valence electrons. The summed E-state index contributed by atoms with van der Waals surface area (Å²) in [5, 5.41) is 13.1. The van der Waals surface area contributed by atoms with E-state index in [0.717, 1.165) is 11.9 Å². The Morgan fingerprint density at radius 2 is 2.00 bits per heavy atom. The lowest BCUT2D eigenvalue weighted by atomic mass is 10.3. The molecule has 0 saturated carbocycles. The molecular weight excluding hydrogens is 336 g/mol. The van der Waals surface area contributed by atoms with Gasteiger partial charge in [-0.05, 0) is 30.1 Å². The Morgan fingerprint density at radius 3 is 2.76 bits per heavy atom. The molecule has 8 heteroatoms. The predicted molar refractivity (Wildman–Crippen MR) is 84.2 cm³/mol. The number of aliphatic imine (C=N–C) groups is 1. The third-order valence-corrected chi connectivity index (χ3v) is 4.17. The number of rotatable bonds is 1. The van der Waals surface area contributed by atoms with Gasteiger partial charge >= 0.3 is 0 Å². The molecule has 0 amide bonds. The normalized spacial score (nSPS) is 13.2. The maximum Gasteiger partial charge on any atom is 0.211 e. The molecule has 0 spiro atoms. The van der Waals surface area contributed by atoms with Crippen molar-refractivity contribution in [1.29, 1.82) is 0 Å². The molecule has 0 bridgehead atoms. The van der Waals surface area contributed by atoms with E-state index in [4.69, 9.17) is 23.2 Å². The lowest BCUT2D eigenvalue weighted by Gasteiger charge is -2.19.